The van der Waals surface area contributed by atoms with Gasteiger partial charge in [0.25, 0.3) is 0 Å². The van der Waals surface area contributed by atoms with Crippen LogP contribution in [0.2, 0.25) is 0 Å². The number of nitrogens with one attached hydrogen (secondary N) is 1. The smallest absolute Gasteiger partial charge is 0.316 e. The van der Waals surface area contributed by atoms with Gasteiger partial charge in [-0.3, -0.25) is 9.59 Å². The summed E-state index contributed by atoms with van der Waals surface area (Å²) >= 11 is 1.45. The van der Waals surface area contributed by atoms with Gasteiger partial charge in [0.05, 0.1) is 24.0 Å². The Morgan fingerprint density at radius 3 is 2.42 bits per heavy atom. The molecule has 3 fully saturated rings. The standard InChI is InChI=1S/C32H56N2O5S/c1-10-30(8)16-24(39-25(36)17-40-29(6,7)18-34-28(38)22(33)15-19(2)3)31(9)20(4)11-13-32(21(5)27(30)37)14-12-23(35)26(31)32/h10,19-24,26-27,35,37H,1,11-18,33H2,2-9H3,(H,34,38)/t20-,21+,22-,23?,24-,26+,27+,30-,31+,32+/m1/s1. The molecule has 3 saturated carbocycles. The minimum absolute atomic E-state index is 0.00125. The molecule has 1 amide bonds. The number of ether oxygens (including phenoxy) is 1. The second-order valence-corrected chi connectivity index (χ2v) is 16.4. The van der Waals surface area contributed by atoms with Crippen LogP contribution >= 0.6 is 11.8 Å². The van der Waals surface area contributed by atoms with Gasteiger partial charge in [0.15, 0.2) is 0 Å². The van der Waals surface area contributed by atoms with Crippen molar-refractivity contribution in [2.75, 3.05) is 12.3 Å². The number of carbonyl (C=O) groups is 2. The van der Waals surface area contributed by atoms with Crippen LogP contribution in [0.5, 0.6) is 0 Å². The second kappa shape index (κ2) is 12.3. The highest BCUT2D eigenvalue weighted by Gasteiger charge is 2.68. The zero-order valence-corrected chi connectivity index (χ0v) is 27.0. The van der Waals surface area contributed by atoms with Crippen molar-refractivity contribution in [3.8, 4) is 0 Å². The Morgan fingerprint density at radius 2 is 1.82 bits per heavy atom. The van der Waals surface area contributed by atoms with Crippen LogP contribution in [0.1, 0.15) is 93.9 Å². The normalized spacial score (nSPS) is 40.5. The first-order chi connectivity index (χ1) is 18.4. The van der Waals surface area contributed by atoms with Gasteiger partial charge in [-0.05, 0) is 81.5 Å². The first-order valence-corrected chi connectivity index (χ1v) is 16.3. The average Bonchev–Trinajstić information content (AvgIpc) is 3.24. The summed E-state index contributed by atoms with van der Waals surface area (Å²) in [6.07, 6.45) is 4.89. The number of hydrogen-bond acceptors (Lipinski definition) is 7. The topological polar surface area (TPSA) is 122 Å². The van der Waals surface area contributed by atoms with E-state index in [-0.39, 0.29) is 40.8 Å². The van der Waals surface area contributed by atoms with E-state index >= 15 is 0 Å². The Balaban J connectivity index is 1.78. The fourth-order valence-corrected chi connectivity index (χ4v) is 9.09. The maximum Gasteiger partial charge on any atom is 0.316 e. The van der Waals surface area contributed by atoms with Gasteiger partial charge in [-0.25, -0.2) is 0 Å². The number of hydrogen-bond donors (Lipinski definition) is 4. The molecule has 230 valence electrons. The first-order valence-electron chi connectivity index (χ1n) is 15.3. The third-order valence-corrected chi connectivity index (χ3v) is 12.4. The van der Waals surface area contributed by atoms with Gasteiger partial charge in [-0.1, -0.05) is 47.6 Å². The molecule has 5 N–H and O–H groups in total. The van der Waals surface area contributed by atoms with Crippen LogP contribution in [0.3, 0.4) is 0 Å². The van der Waals surface area contributed by atoms with E-state index in [0.29, 0.717) is 31.7 Å². The van der Waals surface area contributed by atoms with Crippen molar-refractivity contribution in [2.45, 2.75) is 123 Å². The zero-order valence-electron chi connectivity index (χ0n) is 26.2. The predicted octanol–water partition coefficient (Wildman–Crippen LogP) is 4.69. The lowest BCUT2D eigenvalue weighted by Crippen LogP contribution is -2.63. The summed E-state index contributed by atoms with van der Waals surface area (Å²) in [6, 6.07) is -0.543. The summed E-state index contributed by atoms with van der Waals surface area (Å²) in [5.41, 5.74) is 4.78. The number of aliphatic hydroxyl groups excluding tert-OH is 2. The fraction of sp³-hybridized carbons (Fsp3) is 0.875. The van der Waals surface area contributed by atoms with E-state index in [1.54, 1.807) is 0 Å². The number of aliphatic hydroxyl groups is 2. The Kier molecular flexibility index (Phi) is 10.2. The molecule has 7 nitrogen and oxygen atoms in total. The van der Waals surface area contributed by atoms with Crippen molar-refractivity contribution in [3.63, 3.8) is 0 Å². The number of thioether (sulfide) groups is 1. The van der Waals surface area contributed by atoms with Gasteiger partial charge >= 0.3 is 5.97 Å². The van der Waals surface area contributed by atoms with E-state index in [1.165, 1.54) is 11.8 Å². The molecule has 0 heterocycles. The molecule has 10 atom stereocenters. The molecule has 0 aliphatic heterocycles. The maximum atomic E-state index is 13.4. The largest absolute Gasteiger partial charge is 0.461 e. The van der Waals surface area contributed by atoms with Crippen LogP contribution in [0.25, 0.3) is 0 Å². The van der Waals surface area contributed by atoms with Crippen LogP contribution in [0.15, 0.2) is 12.7 Å². The molecule has 0 saturated heterocycles. The molecule has 0 aromatic rings. The van der Waals surface area contributed by atoms with E-state index in [2.05, 4.69) is 32.7 Å². The Hall–Kier alpha value is -1.09. The van der Waals surface area contributed by atoms with Crippen LogP contribution in [-0.4, -0.2) is 63.5 Å². The quantitative estimate of drug-likeness (QED) is 0.219. The molecule has 0 radical (unpaired) electrons. The summed E-state index contributed by atoms with van der Waals surface area (Å²) in [7, 11) is 0. The van der Waals surface area contributed by atoms with Crippen LogP contribution in [0.4, 0.5) is 0 Å². The van der Waals surface area contributed by atoms with Crippen molar-refractivity contribution in [2.24, 2.45) is 45.7 Å². The number of esters is 1. The number of amides is 1. The van der Waals surface area contributed by atoms with Crippen LogP contribution < -0.4 is 11.1 Å². The van der Waals surface area contributed by atoms with E-state index in [0.717, 1.165) is 19.3 Å². The minimum atomic E-state index is -0.643. The van der Waals surface area contributed by atoms with Crippen LogP contribution in [0, 0.1) is 39.9 Å². The third-order valence-electron chi connectivity index (χ3n) is 11.1. The molecule has 0 aromatic carbocycles. The molecular weight excluding hydrogens is 524 g/mol. The van der Waals surface area contributed by atoms with E-state index in [9.17, 15) is 19.8 Å². The Morgan fingerprint density at radius 1 is 1.20 bits per heavy atom. The summed E-state index contributed by atoms with van der Waals surface area (Å²) in [5, 5.41) is 26.0. The second-order valence-electron chi connectivity index (χ2n) is 14.8. The average molecular weight is 581 g/mol. The first kappa shape index (κ1) is 33.4. The maximum absolute atomic E-state index is 13.4. The number of nitrogens with two attached hydrogens (primary N) is 1. The summed E-state index contributed by atoms with van der Waals surface area (Å²) in [6.45, 7) is 21.2. The van der Waals surface area contributed by atoms with Gasteiger partial charge in [-0.15, -0.1) is 18.3 Å². The molecule has 3 aliphatic carbocycles. The summed E-state index contributed by atoms with van der Waals surface area (Å²) in [4.78, 5) is 25.9. The molecule has 2 bridgehead atoms. The van der Waals surface area contributed by atoms with E-state index in [4.69, 9.17) is 10.5 Å². The molecule has 8 heteroatoms. The monoisotopic (exact) mass is 580 g/mol. The van der Waals surface area contributed by atoms with E-state index in [1.807, 2.05) is 40.7 Å². The molecule has 3 aliphatic rings. The van der Waals surface area contributed by atoms with Crippen molar-refractivity contribution < 1.29 is 24.5 Å². The van der Waals surface area contributed by atoms with Gasteiger partial charge in [0, 0.05) is 22.1 Å². The summed E-state index contributed by atoms with van der Waals surface area (Å²) in [5.74, 6) is 0.205. The Bertz CT molecular complexity index is 942. The molecule has 0 spiro atoms. The SMILES string of the molecule is C=C[C@]1(C)C[C@@H](OC(=O)CSC(C)(C)CNC(=O)[C@H](N)CC(C)C)[C@]2(C)[C@H](C)CC[C@]3(CCC(O)[C@H]32)[C@@H](C)[C@@H]1O. The Labute approximate surface area is 246 Å². The third kappa shape index (κ3) is 6.30. The minimum Gasteiger partial charge on any atom is -0.461 e. The number of rotatable bonds is 10. The zero-order chi connectivity index (χ0) is 30.3. The molecular formula is C32H56N2O5S. The lowest BCUT2D eigenvalue weighted by molar-refractivity contribution is -0.217. The lowest BCUT2D eigenvalue weighted by atomic mass is 9.43. The van der Waals surface area contributed by atoms with Crippen molar-refractivity contribution >= 4 is 23.6 Å². The molecule has 40 heavy (non-hydrogen) atoms. The molecule has 0 aromatic heterocycles. The van der Waals surface area contributed by atoms with Crippen molar-refractivity contribution in [3.05, 3.63) is 12.7 Å². The number of carbonyl (C=O) groups excluding carboxylic acids is 2. The molecule has 3 rings (SSSR count). The highest BCUT2D eigenvalue weighted by Crippen LogP contribution is 2.69. The highest BCUT2D eigenvalue weighted by molar-refractivity contribution is 8.01. The van der Waals surface area contributed by atoms with Gasteiger partial charge in [-0.2, -0.15) is 0 Å². The van der Waals surface area contributed by atoms with Gasteiger partial charge in [0.1, 0.15) is 6.10 Å². The van der Waals surface area contributed by atoms with Crippen LogP contribution in [-0.2, 0) is 14.3 Å². The van der Waals surface area contributed by atoms with Gasteiger partial charge < -0.3 is 26.0 Å². The highest BCUT2D eigenvalue weighted by atomic mass is 32.2. The predicted molar refractivity (Wildman–Crippen MR) is 163 cm³/mol. The van der Waals surface area contributed by atoms with Crippen molar-refractivity contribution in [1.82, 2.24) is 5.32 Å². The van der Waals surface area contributed by atoms with E-state index < -0.39 is 39.9 Å². The van der Waals surface area contributed by atoms with Crippen molar-refractivity contribution in [1.29, 1.82) is 0 Å². The molecule has 1 unspecified atom stereocenters. The summed E-state index contributed by atoms with van der Waals surface area (Å²) < 4.78 is 5.99. The lowest BCUT2D eigenvalue weighted by Gasteiger charge is -2.63. The van der Waals surface area contributed by atoms with Gasteiger partial charge in [0.2, 0.25) is 5.91 Å². The fourth-order valence-electron chi connectivity index (χ4n) is 8.34.